The number of aromatic amines is 1. The molecule has 2 aromatic heterocycles. The monoisotopic (exact) mass is 259 g/mol. The standard InChI is InChI=1S/C13H13N3OS/c1-8(17)11-7-18-13(16-11)6-12-14-9-4-2-3-5-10(9)15-12/h2-5,7-8,17H,6H2,1H3,(H,14,15). The molecule has 0 aliphatic carbocycles. The van der Waals surface area contributed by atoms with E-state index in [1.54, 1.807) is 18.3 Å². The van der Waals surface area contributed by atoms with Gasteiger partial charge in [-0.15, -0.1) is 11.3 Å². The predicted octanol–water partition coefficient (Wildman–Crippen LogP) is 2.66. The fourth-order valence-corrected chi connectivity index (χ4v) is 2.72. The maximum atomic E-state index is 9.44. The number of hydrogen-bond donors (Lipinski definition) is 2. The summed E-state index contributed by atoms with van der Waals surface area (Å²) in [4.78, 5) is 12.2. The highest BCUT2D eigenvalue weighted by atomic mass is 32.1. The van der Waals surface area contributed by atoms with E-state index in [4.69, 9.17) is 0 Å². The Balaban J connectivity index is 1.86. The zero-order chi connectivity index (χ0) is 12.5. The second kappa shape index (κ2) is 4.51. The van der Waals surface area contributed by atoms with Crippen LogP contribution in [0.25, 0.3) is 11.0 Å². The minimum atomic E-state index is -0.509. The summed E-state index contributed by atoms with van der Waals surface area (Å²) < 4.78 is 0. The van der Waals surface area contributed by atoms with Crippen molar-refractivity contribution < 1.29 is 5.11 Å². The Bertz CT molecular complexity index is 638. The Morgan fingerprint density at radius 1 is 1.33 bits per heavy atom. The molecule has 0 aliphatic heterocycles. The Morgan fingerprint density at radius 3 is 2.89 bits per heavy atom. The summed E-state index contributed by atoms with van der Waals surface area (Å²) in [6.07, 6.45) is 0.164. The lowest BCUT2D eigenvalue weighted by atomic mass is 10.3. The number of para-hydroxylation sites is 2. The number of imidazole rings is 1. The summed E-state index contributed by atoms with van der Waals surface area (Å²) in [5.41, 5.74) is 2.74. The largest absolute Gasteiger partial charge is 0.387 e. The van der Waals surface area contributed by atoms with E-state index in [2.05, 4.69) is 15.0 Å². The average molecular weight is 259 g/mol. The van der Waals surface area contributed by atoms with Gasteiger partial charge in [-0.2, -0.15) is 0 Å². The fraction of sp³-hybridized carbons (Fsp3) is 0.231. The highest BCUT2D eigenvalue weighted by Gasteiger charge is 2.09. The number of nitrogens with zero attached hydrogens (tertiary/aromatic N) is 2. The summed E-state index contributed by atoms with van der Waals surface area (Å²) >= 11 is 1.55. The van der Waals surface area contributed by atoms with Crippen molar-refractivity contribution >= 4 is 22.4 Å². The Hall–Kier alpha value is -1.72. The summed E-state index contributed by atoms with van der Waals surface area (Å²) in [5.74, 6) is 0.905. The predicted molar refractivity (Wildman–Crippen MR) is 71.6 cm³/mol. The van der Waals surface area contributed by atoms with Gasteiger partial charge < -0.3 is 10.1 Å². The average Bonchev–Trinajstić information content (AvgIpc) is 2.94. The SMILES string of the molecule is CC(O)c1csc(Cc2nc3ccccc3[nH]2)n1. The number of thiazole rings is 1. The lowest BCUT2D eigenvalue weighted by molar-refractivity contribution is 0.195. The second-order valence-corrected chi connectivity index (χ2v) is 5.16. The van der Waals surface area contributed by atoms with E-state index >= 15 is 0 Å². The van der Waals surface area contributed by atoms with Crippen LogP contribution in [-0.2, 0) is 6.42 Å². The van der Waals surface area contributed by atoms with Gasteiger partial charge in [-0.3, -0.25) is 0 Å². The third kappa shape index (κ3) is 2.14. The molecule has 5 heteroatoms. The highest BCUT2D eigenvalue weighted by molar-refractivity contribution is 7.09. The molecule has 0 saturated carbocycles. The first-order valence-corrected chi connectivity index (χ1v) is 6.66. The van der Waals surface area contributed by atoms with E-state index in [0.717, 1.165) is 27.6 Å². The van der Waals surface area contributed by atoms with Crippen LogP contribution >= 0.6 is 11.3 Å². The molecule has 3 aromatic rings. The van der Waals surface area contributed by atoms with Gasteiger partial charge in [-0.1, -0.05) is 12.1 Å². The fourth-order valence-electron chi connectivity index (χ4n) is 1.83. The Morgan fingerprint density at radius 2 is 2.17 bits per heavy atom. The van der Waals surface area contributed by atoms with Crippen LogP contribution in [0.2, 0.25) is 0 Å². The molecule has 4 nitrogen and oxygen atoms in total. The third-order valence-corrected chi connectivity index (χ3v) is 3.62. The van der Waals surface area contributed by atoms with E-state index in [1.165, 1.54) is 0 Å². The van der Waals surface area contributed by atoms with E-state index in [9.17, 15) is 5.11 Å². The molecule has 0 amide bonds. The van der Waals surface area contributed by atoms with Gasteiger partial charge >= 0.3 is 0 Å². The van der Waals surface area contributed by atoms with Crippen molar-refractivity contribution in [1.29, 1.82) is 0 Å². The molecule has 1 atom stereocenters. The van der Waals surface area contributed by atoms with Crippen molar-refractivity contribution in [2.24, 2.45) is 0 Å². The van der Waals surface area contributed by atoms with Crippen molar-refractivity contribution in [2.75, 3.05) is 0 Å². The molecule has 3 rings (SSSR count). The maximum absolute atomic E-state index is 9.44. The van der Waals surface area contributed by atoms with Gasteiger partial charge in [0.05, 0.1) is 29.3 Å². The van der Waals surface area contributed by atoms with Crippen molar-refractivity contribution in [3.63, 3.8) is 0 Å². The molecular formula is C13H13N3OS. The first kappa shape index (κ1) is 11.4. The smallest absolute Gasteiger partial charge is 0.114 e. The minimum Gasteiger partial charge on any atom is -0.387 e. The number of aliphatic hydroxyl groups excluding tert-OH is 1. The molecule has 0 bridgehead atoms. The van der Waals surface area contributed by atoms with Crippen molar-refractivity contribution in [2.45, 2.75) is 19.4 Å². The molecule has 0 fully saturated rings. The van der Waals surface area contributed by atoms with Crippen LogP contribution in [0.5, 0.6) is 0 Å². The summed E-state index contributed by atoms with van der Waals surface area (Å²) in [6, 6.07) is 7.95. The molecule has 0 aliphatic rings. The van der Waals surface area contributed by atoms with Crippen molar-refractivity contribution in [3.05, 3.63) is 46.2 Å². The van der Waals surface area contributed by atoms with Crippen molar-refractivity contribution in [1.82, 2.24) is 15.0 Å². The van der Waals surface area contributed by atoms with E-state index in [1.807, 2.05) is 29.6 Å². The normalized spacial score (nSPS) is 13.0. The summed E-state index contributed by atoms with van der Waals surface area (Å²) in [5, 5.41) is 12.3. The summed E-state index contributed by atoms with van der Waals surface area (Å²) in [7, 11) is 0. The minimum absolute atomic E-state index is 0.509. The van der Waals surface area contributed by atoms with E-state index in [0.29, 0.717) is 6.42 Å². The number of aliphatic hydroxyl groups is 1. The van der Waals surface area contributed by atoms with Crippen molar-refractivity contribution in [3.8, 4) is 0 Å². The Labute approximate surface area is 108 Å². The molecule has 1 unspecified atom stereocenters. The van der Waals surface area contributed by atoms with Crippen LogP contribution in [0.15, 0.2) is 29.6 Å². The molecule has 2 heterocycles. The molecule has 2 N–H and O–H groups in total. The number of benzene rings is 1. The van der Waals surface area contributed by atoms with Crippen LogP contribution in [0.4, 0.5) is 0 Å². The van der Waals surface area contributed by atoms with Gasteiger partial charge in [0.1, 0.15) is 10.8 Å². The number of hydrogen-bond acceptors (Lipinski definition) is 4. The zero-order valence-electron chi connectivity index (χ0n) is 9.92. The highest BCUT2D eigenvalue weighted by Crippen LogP contribution is 2.19. The molecule has 92 valence electrons. The second-order valence-electron chi connectivity index (χ2n) is 4.22. The number of H-pyrrole nitrogens is 1. The lowest BCUT2D eigenvalue weighted by Gasteiger charge is -1.96. The number of aromatic nitrogens is 3. The van der Waals surface area contributed by atoms with Crippen LogP contribution in [0.3, 0.4) is 0 Å². The third-order valence-electron chi connectivity index (χ3n) is 2.75. The molecule has 0 spiro atoms. The maximum Gasteiger partial charge on any atom is 0.114 e. The quantitative estimate of drug-likeness (QED) is 0.760. The topological polar surface area (TPSA) is 61.8 Å². The first-order chi connectivity index (χ1) is 8.72. The van der Waals surface area contributed by atoms with Crippen LogP contribution in [-0.4, -0.2) is 20.1 Å². The van der Waals surface area contributed by atoms with Crippen LogP contribution in [0.1, 0.15) is 29.6 Å². The molecule has 1 aromatic carbocycles. The number of rotatable bonds is 3. The van der Waals surface area contributed by atoms with Gasteiger partial charge in [-0.25, -0.2) is 9.97 Å². The molecule has 18 heavy (non-hydrogen) atoms. The first-order valence-electron chi connectivity index (χ1n) is 5.78. The van der Waals surface area contributed by atoms with Gasteiger partial charge in [-0.05, 0) is 19.1 Å². The van der Waals surface area contributed by atoms with Gasteiger partial charge in [0.15, 0.2) is 0 Å². The lowest BCUT2D eigenvalue weighted by Crippen LogP contribution is -1.94. The van der Waals surface area contributed by atoms with E-state index < -0.39 is 6.10 Å². The number of fused-ring (bicyclic) bond motifs is 1. The van der Waals surface area contributed by atoms with Gasteiger partial charge in [0.25, 0.3) is 0 Å². The molecule has 0 saturated heterocycles. The number of nitrogens with one attached hydrogen (secondary N) is 1. The Kier molecular flexibility index (Phi) is 2.85. The summed E-state index contributed by atoms with van der Waals surface area (Å²) in [6.45, 7) is 1.72. The van der Waals surface area contributed by atoms with Crippen LogP contribution in [0, 0.1) is 0 Å². The molecular weight excluding hydrogens is 246 g/mol. The van der Waals surface area contributed by atoms with E-state index in [-0.39, 0.29) is 0 Å². The molecule has 0 radical (unpaired) electrons. The van der Waals surface area contributed by atoms with Gasteiger partial charge in [0.2, 0.25) is 0 Å². The zero-order valence-corrected chi connectivity index (χ0v) is 10.7. The van der Waals surface area contributed by atoms with Crippen LogP contribution < -0.4 is 0 Å². The van der Waals surface area contributed by atoms with Gasteiger partial charge in [0, 0.05) is 5.38 Å².